The highest BCUT2D eigenvalue weighted by Gasteiger charge is 2.35. The molecule has 11 heteroatoms. The number of carboxylic acids is 1. The fraction of sp³-hybridized carbons (Fsp3) is 0.393. The van der Waals surface area contributed by atoms with Crippen LogP contribution in [0.25, 0.3) is 11.3 Å². The van der Waals surface area contributed by atoms with Gasteiger partial charge in [0.1, 0.15) is 18.2 Å². The summed E-state index contributed by atoms with van der Waals surface area (Å²) in [5.41, 5.74) is -0.883. The molecule has 1 fully saturated rings. The highest BCUT2D eigenvalue weighted by atomic mass is 19.4. The molecule has 1 atom stereocenters. The van der Waals surface area contributed by atoms with Crippen molar-refractivity contribution in [2.75, 3.05) is 6.61 Å². The van der Waals surface area contributed by atoms with Crippen molar-refractivity contribution in [2.45, 2.75) is 64.2 Å². The number of aromatic nitrogens is 2. The zero-order chi connectivity index (χ0) is 28.6. The van der Waals surface area contributed by atoms with E-state index in [1.807, 2.05) is 13.8 Å². The Morgan fingerprint density at radius 1 is 1.10 bits per heavy atom. The van der Waals surface area contributed by atoms with Crippen molar-refractivity contribution < 1.29 is 37.0 Å². The maximum atomic E-state index is 13.7. The second kappa shape index (κ2) is 13.3. The lowest BCUT2D eigenvalue weighted by atomic mass is 10.0. The number of hydrogen-bond acceptors (Lipinski definition) is 4. The Bertz CT molecular complexity index is 1250. The zero-order valence-corrected chi connectivity index (χ0v) is 21.7. The average molecular weight is 550 g/mol. The molecular formula is C28H31F4N3O4. The van der Waals surface area contributed by atoms with Gasteiger partial charge in [0.05, 0.1) is 29.8 Å². The molecule has 4 rings (SSSR count). The molecule has 2 N–H and O–H groups in total. The predicted molar refractivity (Wildman–Crippen MR) is 137 cm³/mol. The third kappa shape index (κ3) is 7.81. The SMILES string of the molecule is CC.O=C(O)CC(COc1ccc(F)cc1)NC(=O)c1cc(-c2ccccc2C(F)(F)F)n(C2CCCC2)n1. The van der Waals surface area contributed by atoms with Crippen molar-refractivity contribution in [3.8, 4) is 17.0 Å². The quantitative estimate of drug-likeness (QED) is 0.297. The molecule has 1 saturated carbocycles. The monoisotopic (exact) mass is 549 g/mol. The lowest BCUT2D eigenvalue weighted by Crippen LogP contribution is -2.40. The molecule has 1 amide bonds. The number of ether oxygens (including phenoxy) is 1. The van der Waals surface area contributed by atoms with E-state index in [0.29, 0.717) is 0 Å². The Hall–Kier alpha value is -3.89. The minimum Gasteiger partial charge on any atom is -0.491 e. The first-order valence-corrected chi connectivity index (χ1v) is 12.8. The number of nitrogens with one attached hydrogen (secondary N) is 1. The van der Waals surface area contributed by atoms with Crippen LogP contribution in [0.15, 0.2) is 54.6 Å². The highest BCUT2D eigenvalue weighted by Crippen LogP contribution is 2.40. The fourth-order valence-electron chi connectivity index (χ4n) is 4.44. The van der Waals surface area contributed by atoms with E-state index in [0.717, 1.165) is 31.7 Å². The van der Waals surface area contributed by atoms with Crippen molar-refractivity contribution in [1.82, 2.24) is 15.1 Å². The molecule has 0 radical (unpaired) electrons. The lowest BCUT2D eigenvalue weighted by Gasteiger charge is -2.18. The molecular weight excluding hydrogens is 518 g/mol. The number of carbonyl (C=O) groups excluding carboxylic acids is 1. The van der Waals surface area contributed by atoms with Gasteiger partial charge in [-0.2, -0.15) is 18.3 Å². The van der Waals surface area contributed by atoms with Gasteiger partial charge in [-0.05, 0) is 49.2 Å². The van der Waals surface area contributed by atoms with E-state index in [2.05, 4.69) is 10.4 Å². The standard InChI is InChI=1S/C26H25F4N3O4.C2H6/c27-16-9-11-19(12-10-16)37-15-17(13-24(34)35)31-25(36)22-14-23(33(32-22)18-5-1-2-6-18)20-7-3-4-8-21(20)26(28,29)30;1-2/h3-4,7-12,14,17-18H,1-2,5-6,13,15H2,(H,31,36)(H,34,35);1-2H3. The number of nitrogens with zero attached hydrogens (tertiary/aromatic N) is 2. The first kappa shape index (κ1) is 29.7. The van der Waals surface area contributed by atoms with Crippen LogP contribution >= 0.6 is 0 Å². The summed E-state index contributed by atoms with van der Waals surface area (Å²) < 4.78 is 61.3. The summed E-state index contributed by atoms with van der Waals surface area (Å²) in [5, 5.41) is 16.2. The van der Waals surface area contributed by atoms with Crippen molar-refractivity contribution in [1.29, 1.82) is 0 Å². The number of carbonyl (C=O) groups is 2. The van der Waals surface area contributed by atoms with Crippen molar-refractivity contribution >= 4 is 11.9 Å². The lowest BCUT2D eigenvalue weighted by molar-refractivity contribution is -0.138. The van der Waals surface area contributed by atoms with Crippen LogP contribution in [0.3, 0.4) is 0 Å². The van der Waals surface area contributed by atoms with Gasteiger partial charge in [0.25, 0.3) is 5.91 Å². The number of hydrogen-bond donors (Lipinski definition) is 2. The van der Waals surface area contributed by atoms with Crippen LogP contribution in [0.1, 0.15) is 68.0 Å². The molecule has 39 heavy (non-hydrogen) atoms. The van der Waals surface area contributed by atoms with Gasteiger partial charge in [-0.15, -0.1) is 0 Å². The topological polar surface area (TPSA) is 93.5 Å². The predicted octanol–water partition coefficient (Wildman–Crippen LogP) is 6.50. The van der Waals surface area contributed by atoms with E-state index in [-0.39, 0.29) is 35.3 Å². The molecule has 1 aliphatic carbocycles. The van der Waals surface area contributed by atoms with Crippen LogP contribution in [-0.4, -0.2) is 39.4 Å². The molecule has 2 aromatic carbocycles. The molecule has 1 aliphatic rings. The number of aliphatic carboxylic acids is 1. The number of benzene rings is 2. The van der Waals surface area contributed by atoms with Gasteiger partial charge >= 0.3 is 12.1 Å². The Kier molecular flexibility index (Phi) is 10.1. The largest absolute Gasteiger partial charge is 0.491 e. The summed E-state index contributed by atoms with van der Waals surface area (Å²) in [4.78, 5) is 24.4. The summed E-state index contributed by atoms with van der Waals surface area (Å²) in [6.07, 6.45) is -1.84. The average Bonchev–Trinajstić information content (AvgIpc) is 3.59. The smallest absolute Gasteiger partial charge is 0.417 e. The van der Waals surface area contributed by atoms with Crippen LogP contribution in [0.2, 0.25) is 0 Å². The summed E-state index contributed by atoms with van der Waals surface area (Å²) in [6.45, 7) is 3.77. The second-order valence-electron chi connectivity index (χ2n) is 8.87. The second-order valence-corrected chi connectivity index (χ2v) is 8.87. The van der Waals surface area contributed by atoms with Crippen LogP contribution in [0.5, 0.6) is 5.75 Å². The summed E-state index contributed by atoms with van der Waals surface area (Å²) >= 11 is 0. The molecule has 0 saturated heterocycles. The van der Waals surface area contributed by atoms with Gasteiger partial charge < -0.3 is 15.2 Å². The molecule has 1 unspecified atom stereocenters. The molecule has 3 aromatic rings. The van der Waals surface area contributed by atoms with Crippen molar-refractivity contribution in [2.24, 2.45) is 0 Å². The van der Waals surface area contributed by atoms with Crippen LogP contribution in [-0.2, 0) is 11.0 Å². The first-order valence-electron chi connectivity index (χ1n) is 12.8. The van der Waals surface area contributed by atoms with E-state index in [4.69, 9.17) is 4.74 Å². The number of alkyl halides is 3. The third-order valence-electron chi connectivity index (χ3n) is 6.17. The maximum absolute atomic E-state index is 13.7. The number of halogens is 4. The minimum atomic E-state index is -4.60. The Morgan fingerprint density at radius 2 is 1.74 bits per heavy atom. The zero-order valence-electron chi connectivity index (χ0n) is 21.7. The van der Waals surface area contributed by atoms with Gasteiger partial charge in [0.2, 0.25) is 0 Å². The molecule has 1 aromatic heterocycles. The van der Waals surface area contributed by atoms with Gasteiger partial charge in [-0.1, -0.05) is 44.9 Å². The molecule has 0 spiro atoms. The summed E-state index contributed by atoms with van der Waals surface area (Å²) in [6, 6.07) is 10.4. The number of carboxylic acid groups (broad SMARTS) is 1. The van der Waals surface area contributed by atoms with Gasteiger partial charge in [-0.3, -0.25) is 14.3 Å². The molecule has 210 valence electrons. The molecule has 0 aliphatic heterocycles. The van der Waals surface area contributed by atoms with Crippen LogP contribution in [0, 0.1) is 5.82 Å². The van der Waals surface area contributed by atoms with E-state index in [1.165, 1.54) is 53.2 Å². The fourth-order valence-corrected chi connectivity index (χ4v) is 4.44. The van der Waals surface area contributed by atoms with Crippen molar-refractivity contribution in [3.05, 3.63) is 71.7 Å². The maximum Gasteiger partial charge on any atom is 0.417 e. The van der Waals surface area contributed by atoms with Crippen LogP contribution < -0.4 is 10.1 Å². The van der Waals surface area contributed by atoms with Gasteiger partial charge in [0.15, 0.2) is 5.69 Å². The van der Waals surface area contributed by atoms with Gasteiger partial charge in [0, 0.05) is 5.56 Å². The van der Waals surface area contributed by atoms with E-state index >= 15 is 0 Å². The minimum absolute atomic E-state index is 0.0878. The highest BCUT2D eigenvalue weighted by molar-refractivity contribution is 5.94. The molecule has 1 heterocycles. The third-order valence-corrected chi connectivity index (χ3v) is 6.17. The van der Waals surface area contributed by atoms with E-state index in [1.54, 1.807) is 0 Å². The summed E-state index contributed by atoms with van der Waals surface area (Å²) in [5.74, 6) is -2.12. The Morgan fingerprint density at radius 3 is 2.36 bits per heavy atom. The van der Waals surface area contributed by atoms with Crippen LogP contribution in [0.4, 0.5) is 17.6 Å². The number of amides is 1. The molecule has 0 bridgehead atoms. The van der Waals surface area contributed by atoms with Crippen molar-refractivity contribution in [3.63, 3.8) is 0 Å². The van der Waals surface area contributed by atoms with Gasteiger partial charge in [-0.25, -0.2) is 4.39 Å². The van der Waals surface area contributed by atoms with E-state index in [9.17, 15) is 32.3 Å². The normalized spacial score (nSPS) is 14.3. The first-order chi connectivity index (χ1) is 18.6. The molecule has 7 nitrogen and oxygen atoms in total. The summed E-state index contributed by atoms with van der Waals surface area (Å²) in [7, 11) is 0. The Labute approximate surface area is 223 Å². The number of rotatable bonds is 9. The Balaban J connectivity index is 0.00000205. The van der Waals surface area contributed by atoms with E-state index < -0.39 is 41.9 Å².